The van der Waals surface area contributed by atoms with Crippen LogP contribution in [0.4, 0.5) is 11.4 Å². The number of amides is 1. The van der Waals surface area contributed by atoms with E-state index in [9.17, 15) is 23.3 Å². The molecule has 0 unspecified atom stereocenters. The summed E-state index contributed by atoms with van der Waals surface area (Å²) in [6.07, 6.45) is -0.195. The first-order valence-corrected chi connectivity index (χ1v) is 9.88. The predicted octanol–water partition coefficient (Wildman–Crippen LogP) is 2.67. The van der Waals surface area contributed by atoms with E-state index < -0.39 is 20.9 Å². The minimum atomic E-state index is -3.75. The van der Waals surface area contributed by atoms with Gasteiger partial charge in [0.1, 0.15) is 11.4 Å². The number of carbonyl (C=O) groups excluding carboxylic acids is 1. The van der Waals surface area contributed by atoms with Crippen molar-refractivity contribution in [3.8, 4) is 5.75 Å². The van der Waals surface area contributed by atoms with Gasteiger partial charge in [0.15, 0.2) is 0 Å². The second kappa shape index (κ2) is 8.93. The van der Waals surface area contributed by atoms with Crippen LogP contribution in [0.5, 0.6) is 5.75 Å². The van der Waals surface area contributed by atoms with Crippen LogP contribution in [-0.4, -0.2) is 32.9 Å². The lowest BCUT2D eigenvalue weighted by Crippen LogP contribution is -2.27. The Balaban J connectivity index is 1.97. The number of sulfonamides is 1. The van der Waals surface area contributed by atoms with Crippen LogP contribution < -0.4 is 14.8 Å². The molecule has 0 aliphatic heterocycles. The maximum absolute atomic E-state index is 12.1. The van der Waals surface area contributed by atoms with Crippen LogP contribution in [0.15, 0.2) is 51.8 Å². The van der Waals surface area contributed by atoms with Gasteiger partial charge in [0.2, 0.25) is 15.9 Å². The number of nitro groups is 1. The zero-order valence-electron chi connectivity index (χ0n) is 14.1. The number of methoxy groups -OCH3 is 1. The average Bonchev–Trinajstić information content (AvgIpc) is 2.62. The molecule has 0 heterocycles. The molecule has 0 atom stereocenters. The summed E-state index contributed by atoms with van der Waals surface area (Å²) in [4.78, 5) is 22.5. The SMILES string of the molecule is COc1ccc(NC(=O)CCNS(=O)(=O)c2ccc(Br)cc2)c([N+](=O)[O-])c1. The topological polar surface area (TPSA) is 128 Å². The summed E-state index contributed by atoms with van der Waals surface area (Å²) >= 11 is 3.22. The molecule has 11 heteroatoms. The monoisotopic (exact) mass is 457 g/mol. The van der Waals surface area contributed by atoms with E-state index in [1.807, 2.05) is 0 Å². The van der Waals surface area contributed by atoms with Crippen LogP contribution in [-0.2, 0) is 14.8 Å². The normalized spacial score (nSPS) is 11.0. The first-order chi connectivity index (χ1) is 12.7. The summed E-state index contributed by atoms with van der Waals surface area (Å²) in [6.45, 7) is -0.159. The number of halogens is 1. The standard InChI is InChI=1S/C16H16BrN3O6S/c1-26-12-4-7-14(15(10-12)20(22)23)19-16(21)8-9-18-27(24,25)13-5-2-11(17)3-6-13/h2-7,10,18H,8-9H2,1H3,(H,19,21). The van der Waals surface area contributed by atoms with Crippen LogP contribution in [0.2, 0.25) is 0 Å². The lowest BCUT2D eigenvalue weighted by molar-refractivity contribution is -0.384. The van der Waals surface area contributed by atoms with E-state index in [1.165, 1.54) is 37.4 Å². The number of rotatable bonds is 8. The molecule has 0 aromatic heterocycles. The van der Waals surface area contributed by atoms with E-state index in [0.29, 0.717) is 0 Å². The molecule has 2 rings (SSSR count). The largest absolute Gasteiger partial charge is 0.496 e. The quantitative estimate of drug-likeness (QED) is 0.463. The lowest BCUT2D eigenvalue weighted by atomic mass is 10.2. The molecule has 0 saturated heterocycles. The minimum Gasteiger partial charge on any atom is -0.496 e. The zero-order chi connectivity index (χ0) is 20.0. The predicted molar refractivity (Wildman–Crippen MR) is 102 cm³/mol. The Morgan fingerprint density at radius 2 is 1.89 bits per heavy atom. The molecule has 0 aliphatic carbocycles. The van der Waals surface area contributed by atoms with Gasteiger partial charge in [-0.25, -0.2) is 13.1 Å². The summed E-state index contributed by atoms with van der Waals surface area (Å²) in [7, 11) is -2.38. The molecule has 0 spiro atoms. The molecular weight excluding hydrogens is 442 g/mol. The zero-order valence-corrected chi connectivity index (χ0v) is 16.5. The summed E-state index contributed by atoms with van der Waals surface area (Å²) in [5.74, 6) is -0.288. The van der Waals surface area contributed by atoms with Crippen molar-refractivity contribution in [2.24, 2.45) is 0 Å². The Hall–Kier alpha value is -2.50. The van der Waals surface area contributed by atoms with Gasteiger partial charge in [-0.15, -0.1) is 0 Å². The van der Waals surface area contributed by atoms with Gasteiger partial charge in [0.25, 0.3) is 5.69 Å². The highest BCUT2D eigenvalue weighted by atomic mass is 79.9. The molecule has 0 bridgehead atoms. The van der Waals surface area contributed by atoms with Crippen molar-refractivity contribution in [3.05, 3.63) is 57.1 Å². The number of anilines is 1. The average molecular weight is 458 g/mol. The lowest BCUT2D eigenvalue weighted by Gasteiger charge is -2.09. The van der Waals surface area contributed by atoms with Crippen LogP contribution in [0, 0.1) is 10.1 Å². The van der Waals surface area contributed by atoms with Crippen LogP contribution in [0.1, 0.15) is 6.42 Å². The second-order valence-corrected chi connectivity index (χ2v) is 7.97. The fourth-order valence-electron chi connectivity index (χ4n) is 2.10. The van der Waals surface area contributed by atoms with Gasteiger partial charge >= 0.3 is 0 Å². The molecular formula is C16H16BrN3O6S. The Morgan fingerprint density at radius 1 is 1.22 bits per heavy atom. The Bertz CT molecular complexity index is 947. The Labute approximate surface area is 164 Å². The minimum absolute atomic E-state index is 0.00145. The van der Waals surface area contributed by atoms with Crippen molar-refractivity contribution < 1.29 is 22.9 Å². The van der Waals surface area contributed by atoms with E-state index in [0.717, 1.165) is 4.47 Å². The first-order valence-electron chi connectivity index (χ1n) is 7.60. The molecule has 2 N–H and O–H groups in total. The number of nitrogens with zero attached hydrogens (tertiary/aromatic N) is 1. The summed E-state index contributed by atoms with van der Waals surface area (Å²) in [6, 6.07) is 10.0. The number of carbonyl (C=O) groups is 1. The van der Waals surface area contributed by atoms with E-state index in [-0.39, 0.29) is 35.0 Å². The molecule has 2 aromatic carbocycles. The number of nitrogens with one attached hydrogen (secondary N) is 2. The molecule has 0 radical (unpaired) electrons. The maximum atomic E-state index is 12.1. The van der Waals surface area contributed by atoms with Crippen molar-refractivity contribution in [2.45, 2.75) is 11.3 Å². The van der Waals surface area contributed by atoms with E-state index in [4.69, 9.17) is 4.74 Å². The van der Waals surface area contributed by atoms with Crippen LogP contribution in [0.3, 0.4) is 0 Å². The van der Waals surface area contributed by atoms with Gasteiger partial charge in [0, 0.05) is 17.4 Å². The Morgan fingerprint density at radius 3 is 2.48 bits per heavy atom. The van der Waals surface area contributed by atoms with Gasteiger partial charge < -0.3 is 10.1 Å². The van der Waals surface area contributed by atoms with Gasteiger partial charge in [-0.05, 0) is 36.4 Å². The fraction of sp³-hybridized carbons (Fsp3) is 0.188. The van der Waals surface area contributed by atoms with Gasteiger partial charge in [-0.2, -0.15) is 0 Å². The number of ether oxygens (including phenoxy) is 1. The molecule has 2 aromatic rings. The third-order valence-electron chi connectivity index (χ3n) is 3.44. The maximum Gasteiger partial charge on any atom is 0.296 e. The van der Waals surface area contributed by atoms with E-state index >= 15 is 0 Å². The van der Waals surface area contributed by atoms with Gasteiger partial charge in [0.05, 0.1) is 23.0 Å². The molecule has 0 saturated carbocycles. The van der Waals surface area contributed by atoms with Crippen molar-refractivity contribution in [1.29, 1.82) is 0 Å². The number of nitro benzene ring substituents is 1. The molecule has 0 fully saturated rings. The van der Waals surface area contributed by atoms with Crippen molar-refractivity contribution in [1.82, 2.24) is 4.72 Å². The molecule has 0 aliphatic rings. The highest BCUT2D eigenvalue weighted by Crippen LogP contribution is 2.29. The summed E-state index contributed by atoms with van der Waals surface area (Å²) in [5.41, 5.74) is -0.320. The number of benzene rings is 2. The van der Waals surface area contributed by atoms with Crippen molar-refractivity contribution >= 4 is 43.2 Å². The van der Waals surface area contributed by atoms with Gasteiger partial charge in [-0.3, -0.25) is 14.9 Å². The Kier molecular flexibility index (Phi) is 6.88. The molecule has 9 nitrogen and oxygen atoms in total. The highest BCUT2D eigenvalue weighted by Gasteiger charge is 2.18. The van der Waals surface area contributed by atoms with Crippen LogP contribution >= 0.6 is 15.9 Å². The first kappa shape index (κ1) is 20.8. The van der Waals surface area contributed by atoms with Crippen molar-refractivity contribution in [3.63, 3.8) is 0 Å². The highest BCUT2D eigenvalue weighted by molar-refractivity contribution is 9.10. The summed E-state index contributed by atoms with van der Waals surface area (Å²) < 4.78 is 32.2. The fourth-order valence-corrected chi connectivity index (χ4v) is 3.40. The molecule has 1 amide bonds. The smallest absolute Gasteiger partial charge is 0.296 e. The van der Waals surface area contributed by atoms with Gasteiger partial charge in [-0.1, -0.05) is 15.9 Å². The van der Waals surface area contributed by atoms with E-state index in [1.54, 1.807) is 12.1 Å². The summed E-state index contributed by atoms with van der Waals surface area (Å²) in [5, 5.41) is 13.5. The second-order valence-electron chi connectivity index (χ2n) is 5.29. The van der Waals surface area contributed by atoms with Crippen molar-refractivity contribution in [2.75, 3.05) is 19.0 Å². The third kappa shape index (κ3) is 5.74. The number of hydrogen-bond donors (Lipinski definition) is 2. The third-order valence-corrected chi connectivity index (χ3v) is 5.45. The van der Waals surface area contributed by atoms with Crippen LogP contribution in [0.25, 0.3) is 0 Å². The molecule has 144 valence electrons. The number of hydrogen-bond acceptors (Lipinski definition) is 6. The van der Waals surface area contributed by atoms with E-state index in [2.05, 4.69) is 26.0 Å². The molecule has 27 heavy (non-hydrogen) atoms.